The average Bonchev–Trinajstić information content (AvgIpc) is 3.24. The van der Waals surface area contributed by atoms with Crippen molar-refractivity contribution in [2.45, 2.75) is 103 Å². The molecule has 0 aromatic heterocycles. The molecule has 2 atom stereocenters. The fourth-order valence-electron chi connectivity index (χ4n) is 2.66. The van der Waals surface area contributed by atoms with Crippen molar-refractivity contribution in [2.24, 2.45) is 0 Å². The summed E-state index contributed by atoms with van der Waals surface area (Å²) < 4.78 is 5.08. The van der Waals surface area contributed by atoms with E-state index in [1.165, 1.54) is 70.6 Å². The molecule has 19 heavy (non-hydrogen) atoms. The van der Waals surface area contributed by atoms with Gasteiger partial charge in [-0.05, 0) is 6.42 Å². The minimum Gasteiger partial charge on any atom is -0.390 e. The molecule has 2 heteroatoms. The molecule has 114 valence electrons. The molecule has 1 aliphatic heterocycles. The van der Waals surface area contributed by atoms with E-state index in [1.54, 1.807) is 0 Å². The Balaban J connectivity index is 1.67. The highest BCUT2D eigenvalue weighted by Crippen LogP contribution is 2.19. The van der Waals surface area contributed by atoms with Gasteiger partial charge in [0.2, 0.25) is 0 Å². The van der Waals surface area contributed by atoms with Crippen molar-refractivity contribution in [3.05, 3.63) is 0 Å². The first-order chi connectivity index (χ1) is 9.34. The third-order valence-corrected chi connectivity index (χ3v) is 4.14. The topological polar surface area (TPSA) is 32.8 Å². The highest BCUT2D eigenvalue weighted by molar-refractivity contribution is 4.77. The standard InChI is InChI=1S/C17H34O2/c1-2-3-4-5-6-7-8-9-10-11-12-13-14-16(18)17-15-19-17/h16-18H,2-15H2,1H3/t16-,17+/m1/s1. The van der Waals surface area contributed by atoms with Crippen molar-refractivity contribution in [3.8, 4) is 0 Å². The lowest BCUT2D eigenvalue weighted by atomic mass is 10.0. The Hall–Kier alpha value is -0.0800. The Kier molecular flexibility index (Phi) is 10.5. The Labute approximate surface area is 119 Å². The molecule has 1 fully saturated rings. The van der Waals surface area contributed by atoms with Crippen LogP contribution in [0, 0.1) is 0 Å². The van der Waals surface area contributed by atoms with Crippen molar-refractivity contribution < 1.29 is 9.84 Å². The van der Waals surface area contributed by atoms with Crippen molar-refractivity contribution in [1.29, 1.82) is 0 Å². The third kappa shape index (κ3) is 10.4. The number of hydrogen-bond acceptors (Lipinski definition) is 2. The van der Waals surface area contributed by atoms with E-state index in [2.05, 4.69) is 6.92 Å². The number of rotatable bonds is 14. The fraction of sp³-hybridized carbons (Fsp3) is 1.00. The summed E-state index contributed by atoms with van der Waals surface area (Å²) in [7, 11) is 0. The van der Waals surface area contributed by atoms with Crippen LogP contribution in [0.1, 0.15) is 90.4 Å². The van der Waals surface area contributed by atoms with Gasteiger partial charge in [-0.2, -0.15) is 0 Å². The lowest BCUT2D eigenvalue weighted by Gasteiger charge is -2.06. The predicted molar refractivity (Wildman–Crippen MR) is 81.4 cm³/mol. The molecule has 1 N–H and O–H groups in total. The highest BCUT2D eigenvalue weighted by atomic mass is 16.6. The maximum absolute atomic E-state index is 9.63. The first-order valence-corrected chi connectivity index (χ1v) is 8.64. The van der Waals surface area contributed by atoms with Gasteiger partial charge in [-0.15, -0.1) is 0 Å². The van der Waals surface area contributed by atoms with E-state index >= 15 is 0 Å². The summed E-state index contributed by atoms with van der Waals surface area (Å²) in [6.45, 7) is 3.05. The maximum atomic E-state index is 9.63. The molecular weight excluding hydrogens is 236 g/mol. The van der Waals surface area contributed by atoms with Gasteiger partial charge >= 0.3 is 0 Å². The summed E-state index contributed by atoms with van der Waals surface area (Å²) in [4.78, 5) is 0. The van der Waals surface area contributed by atoms with E-state index in [1.807, 2.05) is 0 Å². The van der Waals surface area contributed by atoms with Crippen LogP contribution in [0.2, 0.25) is 0 Å². The van der Waals surface area contributed by atoms with E-state index in [-0.39, 0.29) is 12.2 Å². The van der Waals surface area contributed by atoms with Crippen LogP contribution in [-0.2, 0) is 4.74 Å². The summed E-state index contributed by atoms with van der Waals surface area (Å²) >= 11 is 0. The number of aliphatic hydroxyl groups is 1. The first kappa shape index (κ1) is 17.0. The number of aliphatic hydroxyl groups excluding tert-OH is 1. The average molecular weight is 270 g/mol. The van der Waals surface area contributed by atoms with Crippen LogP contribution in [0.15, 0.2) is 0 Å². The van der Waals surface area contributed by atoms with Gasteiger partial charge in [-0.1, -0.05) is 84.0 Å². The number of ether oxygens (including phenoxy) is 1. The van der Waals surface area contributed by atoms with Gasteiger partial charge in [0.15, 0.2) is 0 Å². The quantitative estimate of drug-likeness (QED) is 0.362. The molecule has 1 aliphatic rings. The number of hydrogen-bond donors (Lipinski definition) is 1. The summed E-state index contributed by atoms with van der Waals surface area (Å²) in [5.74, 6) is 0. The Morgan fingerprint density at radius 1 is 0.842 bits per heavy atom. The molecule has 0 saturated carbocycles. The zero-order valence-corrected chi connectivity index (χ0v) is 12.9. The van der Waals surface area contributed by atoms with Crippen molar-refractivity contribution in [2.75, 3.05) is 6.61 Å². The number of epoxide rings is 1. The summed E-state index contributed by atoms with van der Waals surface area (Å²) in [5.41, 5.74) is 0. The lowest BCUT2D eigenvalue weighted by Crippen LogP contribution is -2.13. The highest BCUT2D eigenvalue weighted by Gasteiger charge is 2.30. The molecular formula is C17H34O2. The Morgan fingerprint density at radius 2 is 1.26 bits per heavy atom. The van der Waals surface area contributed by atoms with Crippen LogP contribution >= 0.6 is 0 Å². The van der Waals surface area contributed by atoms with Gasteiger partial charge in [-0.25, -0.2) is 0 Å². The van der Waals surface area contributed by atoms with Crippen LogP contribution in [0.4, 0.5) is 0 Å². The molecule has 0 aromatic carbocycles. The second-order valence-corrected chi connectivity index (χ2v) is 6.12. The summed E-state index contributed by atoms with van der Waals surface area (Å²) in [6, 6.07) is 0. The molecule has 1 saturated heterocycles. The molecule has 0 aliphatic carbocycles. The molecule has 0 spiro atoms. The van der Waals surface area contributed by atoms with E-state index in [4.69, 9.17) is 4.74 Å². The van der Waals surface area contributed by atoms with Crippen molar-refractivity contribution in [1.82, 2.24) is 0 Å². The predicted octanol–water partition coefficient (Wildman–Crippen LogP) is 4.84. The SMILES string of the molecule is CCCCCCCCCCCCCC[C@@H](O)[C@@H]1CO1. The molecule has 1 heterocycles. The van der Waals surface area contributed by atoms with E-state index in [0.717, 1.165) is 19.4 Å². The van der Waals surface area contributed by atoms with Crippen molar-refractivity contribution in [3.63, 3.8) is 0 Å². The molecule has 0 unspecified atom stereocenters. The molecule has 0 bridgehead atoms. The molecule has 0 aromatic rings. The monoisotopic (exact) mass is 270 g/mol. The van der Waals surface area contributed by atoms with Gasteiger partial charge in [0.1, 0.15) is 6.10 Å². The third-order valence-electron chi connectivity index (χ3n) is 4.14. The summed E-state index contributed by atoms with van der Waals surface area (Å²) in [6.07, 6.45) is 17.4. The van der Waals surface area contributed by atoms with Crippen molar-refractivity contribution >= 4 is 0 Å². The second kappa shape index (κ2) is 11.7. The van der Waals surface area contributed by atoms with Crippen LogP contribution in [0.3, 0.4) is 0 Å². The smallest absolute Gasteiger partial charge is 0.107 e. The minimum absolute atomic E-state index is 0.174. The lowest BCUT2D eigenvalue weighted by molar-refractivity contribution is 0.123. The first-order valence-electron chi connectivity index (χ1n) is 8.64. The van der Waals surface area contributed by atoms with Gasteiger partial charge in [0, 0.05) is 0 Å². The molecule has 0 radical (unpaired) electrons. The number of unbranched alkanes of at least 4 members (excludes halogenated alkanes) is 11. The van der Waals surface area contributed by atoms with E-state index in [9.17, 15) is 5.11 Å². The minimum atomic E-state index is -0.192. The normalized spacial score (nSPS) is 19.6. The zero-order valence-electron chi connectivity index (χ0n) is 12.9. The van der Waals surface area contributed by atoms with Gasteiger partial charge in [0.25, 0.3) is 0 Å². The summed E-state index contributed by atoms with van der Waals surface area (Å²) in [5, 5.41) is 9.63. The fourth-order valence-corrected chi connectivity index (χ4v) is 2.66. The molecule has 2 nitrogen and oxygen atoms in total. The van der Waals surface area contributed by atoms with E-state index < -0.39 is 0 Å². The van der Waals surface area contributed by atoms with Crippen LogP contribution < -0.4 is 0 Å². The van der Waals surface area contributed by atoms with Gasteiger partial charge in [-0.3, -0.25) is 0 Å². The van der Waals surface area contributed by atoms with Crippen LogP contribution in [0.5, 0.6) is 0 Å². The van der Waals surface area contributed by atoms with E-state index in [0.29, 0.717) is 0 Å². The largest absolute Gasteiger partial charge is 0.390 e. The maximum Gasteiger partial charge on any atom is 0.107 e. The van der Waals surface area contributed by atoms with Crippen LogP contribution in [0.25, 0.3) is 0 Å². The van der Waals surface area contributed by atoms with Crippen LogP contribution in [-0.4, -0.2) is 23.9 Å². The molecule has 0 amide bonds. The van der Waals surface area contributed by atoms with Gasteiger partial charge < -0.3 is 9.84 Å². The Bertz CT molecular complexity index is 190. The zero-order chi connectivity index (χ0) is 13.8. The second-order valence-electron chi connectivity index (χ2n) is 6.12. The molecule has 1 rings (SSSR count). The Morgan fingerprint density at radius 3 is 1.68 bits per heavy atom. The van der Waals surface area contributed by atoms with Gasteiger partial charge in [0.05, 0.1) is 12.7 Å².